The fraction of sp³-hybridized carbons (Fsp3) is 0.190. The molecule has 1 amide bonds. The van der Waals surface area contributed by atoms with E-state index in [0.29, 0.717) is 18.1 Å². The van der Waals surface area contributed by atoms with Gasteiger partial charge in [0, 0.05) is 7.05 Å². The normalized spacial score (nSPS) is 15.2. The van der Waals surface area contributed by atoms with Gasteiger partial charge in [0.2, 0.25) is 0 Å². The Hall–Kier alpha value is -3.26. The van der Waals surface area contributed by atoms with E-state index in [0.717, 1.165) is 11.1 Å². The van der Waals surface area contributed by atoms with Crippen LogP contribution in [0.25, 0.3) is 6.08 Å². The molecule has 1 saturated heterocycles. The fourth-order valence-electron chi connectivity index (χ4n) is 2.71. The lowest BCUT2D eigenvalue weighted by Crippen LogP contribution is -2.33. The van der Waals surface area contributed by atoms with Crippen molar-refractivity contribution in [3.8, 4) is 5.75 Å². The molecule has 0 unspecified atom stereocenters. The van der Waals surface area contributed by atoms with Crippen LogP contribution >= 0.6 is 12.2 Å². The van der Waals surface area contributed by atoms with Gasteiger partial charge in [0.05, 0.1) is 7.11 Å². The Labute approximate surface area is 173 Å². The minimum absolute atomic E-state index is 0.143. The van der Waals surface area contributed by atoms with Crippen molar-refractivity contribution in [1.29, 1.82) is 0 Å². The van der Waals surface area contributed by atoms with Gasteiger partial charge in [-0.2, -0.15) is 0 Å². The largest absolute Gasteiger partial charge is 0.489 e. The number of carbonyl (C=O) groups excluding carboxylic acids is 2. The fourth-order valence-corrected chi connectivity index (χ4v) is 2.96. The highest BCUT2D eigenvalue weighted by molar-refractivity contribution is 7.80. The number of nitrogens with zero attached hydrogens (tertiary/aromatic N) is 2. The molecule has 0 spiro atoms. The maximum Gasteiger partial charge on any atom is 0.325 e. The Morgan fingerprint density at radius 2 is 1.79 bits per heavy atom. The second-order valence-electron chi connectivity index (χ2n) is 6.32. The topological polar surface area (TPSA) is 59.1 Å². The third-order valence-electron chi connectivity index (χ3n) is 4.35. The van der Waals surface area contributed by atoms with E-state index in [9.17, 15) is 14.0 Å². The zero-order chi connectivity index (χ0) is 21.0. The summed E-state index contributed by atoms with van der Waals surface area (Å²) in [5.41, 5.74) is 1.89. The van der Waals surface area contributed by atoms with Crippen LogP contribution < -0.4 is 4.74 Å². The zero-order valence-electron chi connectivity index (χ0n) is 15.9. The van der Waals surface area contributed by atoms with Gasteiger partial charge in [-0.3, -0.25) is 14.5 Å². The Bertz CT molecular complexity index is 958. The van der Waals surface area contributed by atoms with Gasteiger partial charge in [0.1, 0.15) is 30.4 Å². The number of rotatable bonds is 6. The first-order valence-electron chi connectivity index (χ1n) is 8.74. The molecule has 2 aromatic rings. The van der Waals surface area contributed by atoms with Gasteiger partial charge in [0.15, 0.2) is 5.11 Å². The number of benzene rings is 2. The summed E-state index contributed by atoms with van der Waals surface area (Å²) in [7, 11) is 2.84. The van der Waals surface area contributed by atoms with Gasteiger partial charge in [-0.15, -0.1) is 0 Å². The van der Waals surface area contributed by atoms with E-state index in [-0.39, 0.29) is 23.4 Å². The van der Waals surface area contributed by atoms with Crippen LogP contribution in [0.1, 0.15) is 11.1 Å². The van der Waals surface area contributed by atoms with E-state index < -0.39 is 5.97 Å². The van der Waals surface area contributed by atoms with Gasteiger partial charge >= 0.3 is 5.97 Å². The molecule has 0 aliphatic carbocycles. The number of amides is 1. The van der Waals surface area contributed by atoms with E-state index in [1.54, 1.807) is 49.5 Å². The molecule has 1 aliphatic rings. The number of thiocarbonyl (C=S) groups is 1. The van der Waals surface area contributed by atoms with Crippen LogP contribution in [0.15, 0.2) is 54.2 Å². The first-order chi connectivity index (χ1) is 13.9. The molecule has 0 bridgehead atoms. The number of carbonyl (C=O) groups is 2. The standard InChI is InChI=1S/C21H19FN2O4S/c1-23-20(26)18(24(21(23)29)12-19(25)27-2)11-14-5-9-17(10-6-14)28-13-15-3-7-16(22)8-4-15/h3-11H,12-13H2,1-2H3. The van der Waals surface area contributed by atoms with Crippen LogP contribution in [0.4, 0.5) is 4.39 Å². The number of likely N-dealkylation sites (N-methyl/N-ethyl adjacent to an activating group) is 1. The van der Waals surface area contributed by atoms with Gasteiger partial charge < -0.3 is 14.4 Å². The van der Waals surface area contributed by atoms with Crippen molar-refractivity contribution >= 4 is 35.3 Å². The number of hydrogen-bond donors (Lipinski definition) is 0. The summed E-state index contributed by atoms with van der Waals surface area (Å²) in [5.74, 6) is -0.450. The summed E-state index contributed by atoms with van der Waals surface area (Å²) < 4.78 is 23.3. The SMILES string of the molecule is COC(=O)CN1C(=S)N(C)C(=O)C1=Cc1ccc(OCc2ccc(F)cc2)cc1. The number of esters is 1. The summed E-state index contributed by atoms with van der Waals surface area (Å²) in [4.78, 5) is 26.9. The molecule has 8 heteroatoms. The predicted molar refractivity (Wildman–Crippen MR) is 109 cm³/mol. The third kappa shape index (κ3) is 4.78. The lowest BCUT2D eigenvalue weighted by atomic mass is 10.1. The number of hydrogen-bond acceptors (Lipinski definition) is 5. The minimum atomic E-state index is -0.495. The molecule has 150 valence electrons. The Kier molecular flexibility index (Phi) is 6.23. The lowest BCUT2D eigenvalue weighted by molar-refractivity contribution is -0.140. The van der Waals surface area contributed by atoms with Crippen LogP contribution in [-0.4, -0.2) is 47.5 Å². The molecule has 0 radical (unpaired) electrons. The predicted octanol–water partition coefficient (Wildman–Crippen LogP) is 2.98. The molecule has 0 atom stereocenters. The second-order valence-corrected chi connectivity index (χ2v) is 6.69. The third-order valence-corrected chi connectivity index (χ3v) is 4.84. The van der Waals surface area contributed by atoms with Crippen LogP contribution in [0.2, 0.25) is 0 Å². The molecule has 3 rings (SSSR count). The number of methoxy groups -OCH3 is 1. The summed E-state index contributed by atoms with van der Waals surface area (Å²) in [6.45, 7) is 0.168. The van der Waals surface area contributed by atoms with Crippen molar-refractivity contribution in [3.05, 3.63) is 71.2 Å². The van der Waals surface area contributed by atoms with Gasteiger partial charge in [0.25, 0.3) is 5.91 Å². The van der Waals surface area contributed by atoms with Crippen molar-refractivity contribution in [2.45, 2.75) is 6.61 Å². The highest BCUT2D eigenvalue weighted by atomic mass is 32.1. The van der Waals surface area contributed by atoms with Gasteiger partial charge in [-0.25, -0.2) is 4.39 Å². The van der Waals surface area contributed by atoms with Crippen LogP contribution in [0, 0.1) is 5.82 Å². The van der Waals surface area contributed by atoms with Gasteiger partial charge in [-0.05, 0) is 53.7 Å². The highest BCUT2D eigenvalue weighted by Gasteiger charge is 2.36. The maximum atomic E-state index is 12.9. The van der Waals surface area contributed by atoms with E-state index in [2.05, 4.69) is 4.74 Å². The van der Waals surface area contributed by atoms with Gasteiger partial charge in [-0.1, -0.05) is 24.3 Å². The molecule has 0 N–H and O–H groups in total. The molecule has 0 saturated carbocycles. The number of ether oxygens (including phenoxy) is 2. The first kappa shape index (κ1) is 20.5. The summed E-state index contributed by atoms with van der Waals surface area (Å²) >= 11 is 5.25. The van der Waals surface area contributed by atoms with Crippen molar-refractivity contribution in [1.82, 2.24) is 9.80 Å². The number of halogens is 1. The van der Waals surface area contributed by atoms with Crippen molar-refractivity contribution in [2.75, 3.05) is 20.7 Å². The average Bonchev–Trinajstić information content (AvgIpc) is 2.92. The van der Waals surface area contributed by atoms with E-state index in [1.165, 1.54) is 29.0 Å². The first-order valence-corrected chi connectivity index (χ1v) is 9.15. The molecule has 29 heavy (non-hydrogen) atoms. The van der Waals surface area contributed by atoms with Crippen LogP contribution in [0.5, 0.6) is 5.75 Å². The van der Waals surface area contributed by atoms with Crippen molar-refractivity contribution in [3.63, 3.8) is 0 Å². The van der Waals surface area contributed by atoms with Crippen LogP contribution in [0.3, 0.4) is 0 Å². The quantitative estimate of drug-likeness (QED) is 0.412. The molecule has 1 aliphatic heterocycles. The Morgan fingerprint density at radius 1 is 1.14 bits per heavy atom. The average molecular weight is 414 g/mol. The van der Waals surface area contributed by atoms with Crippen molar-refractivity contribution < 1.29 is 23.5 Å². The Morgan fingerprint density at radius 3 is 2.41 bits per heavy atom. The summed E-state index contributed by atoms with van der Waals surface area (Å²) in [6, 6.07) is 13.2. The monoisotopic (exact) mass is 414 g/mol. The molecule has 0 aromatic heterocycles. The van der Waals surface area contributed by atoms with Crippen LogP contribution in [-0.2, 0) is 20.9 Å². The van der Waals surface area contributed by atoms with E-state index in [1.807, 2.05) is 0 Å². The highest BCUT2D eigenvalue weighted by Crippen LogP contribution is 2.23. The molecular formula is C21H19FN2O4S. The molecule has 6 nitrogen and oxygen atoms in total. The molecular weight excluding hydrogens is 395 g/mol. The van der Waals surface area contributed by atoms with Crippen molar-refractivity contribution in [2.24, 2.45) is 0 Å². The Balaban J connectivity index is 1.73. The zero-order valence-corrected chi connectivity index (χ0v) is 16.7. The second kappa shape index (κ2) is 8.83. The molecule has 1 fully saturated rings. The smallest absolute Gasteiger partial charge is 0.325 e. The van der Waals surface area contributed by atoms with E-state index >= 15 is 0 Å². The molecule has 1 heterocycles. The van der Waals surface area contributed by atoms with E-state index in [4.69, 9.17) is 17.0 Å². The summed E-state index contributed by atoms with van der Waals surface area (Å²) in [5, 5.41) is 0.242. The lowest BCUT2D eigenvalue weighted by Gasteiger charge is -2.16. The maximum absolute atomic E-state index is 12.9. The summed E-state index contributed by atoms with van der Waals surface area (Å²) in [6.07, 6.45) is 1.66. The minimum Gasteiger partial charge on any atom is -0.489 e. The molecule has 2 aromatic carbocycles.